The number of aromatic nitrogens is 3. The summed E-state index contributed by atoms with van der Waals surface area (Å²) in [6.07, 6.45) is 2.26. The maximum atomic E-state index is 10.8. The fourth-order valence-electron chi connectivity index (χ4n) is 1.45. The number of hydrogen-bond donors (Lipinski definition) is 2. The highest BCUT2D eigenvalue weighted by Crippen LogP contribution is 2.28. The molecule has 0 radical (unpaired) electrons. The van der Waals surface area contributed by atoms with Crippen molar-refractivity contribution in [3.05, 3.63) is 16.3 Å². The van der Waals surface area contributed by atoms with Crippen LogP contribution >= 0.6 is 11.8 Å². The van der Waals surface area contributed by atoms with E-state index in [4.69, 9.17) is 0 Å². The molecule has 1 fully saturated rings. The fourth-order valence-corrected chi connectivity index (χ4v) is 2.55. The maximum absolute atomic E-state index is 10.8. The lowest BCUT2D eigenvalue weighted by Gasteiger charge is -2.18. The van der Waals surface area contributed by atoms with E-state index < -0.39 is 0 Å². The first kappa shape index (κ1) is 7.91. The van der Waals surface area contributed by atoms with Gasteiger partial charge in [-0.1, -0.05) is 0 Å². The van der Waals surface area contributed by atoms with E-state index in [1.54, 1.807) is 0 Å². The Hall–Kier alpha value is -0.710. The summed E-state index contributed by atoms with van der Waals surface area (Å²) in [5.74, 6) is 3.66. The van der Waals surface area contributed by atoms with Gasteiger partial charge in [0.1, 0.15) is 5.82 Å². The van der Waals surface area contributed by atoms with Crippen LogP contribution in [0.3, 0.4) is 0 Å². The van der Waals surface area contributed by atoms with E-state index in [0.29, 0.717) is 5.92 Å². The van der Waals surface area contributed by atoms with Crippen molar-refractivity contribution in [1.29, 1.82) is 0 Å². The molecule has 0 aliphatic carbocycles. The van der Waals surface area contributed by atoms with Gasteiger partial charge in [-0.05, 0) is 24.3 Å². The average molecular weight is 185 g/mol. The number of nitrogens with zero attached hydrogens (tertiary/aromatic N) is 1. The highest BCUT2D eigenvalue weighted by Gasteiger charge is 2.18. The molecule has 4 nitrogen and oxygen atoms in total. The van der Waals surface area contributed by atoms with Gasteiger partial charge in [0.25, 0.3) is 0 Å². The lowest BCUT2D eigenvalue weighted by Crippen LogP contribution is -2.10. The van der Waals surface area contributed by atoms with Crippen molar-refractivity contribution in [2.75, 3.05) is 11.5 Å². The highest BCUT2D eigenvalue weighted by atomic mass is 32.2. The zero-order chi connectivity index (χ0) is 8.39. The minimum absolute atomic E-state index is 0.191. The Morgan fingerprint density at radius 3 is 2.75 bits per heavy atom. The van der Waals surface area contributed by atoms with E-state index in [9.17, 15) is 4.79 Å². The first-order valence-corrected chi connectivity index (χ1v) is 5.24. The second-order valence-electron chi connectivity index (χ2n) is 2.95. The van der Waals surface area contributed by atoms with Crippen molar-refractivity contribution in [3.8, 4) is 0 Å². The number of thioether (sulfide) groups is 1. The lowest BCUT2D eigenvalue weighted by molar-refractivity contribution is 0.600. The van der Waals surface area contributed by atoms with Crippen LogP contribution in [-0.4, -0.2) is 26.7 Å². The van der Waals surface area contributed by atoms with E-state index in [0.717, 1.165) is 18.7 Å². The van der Waals surface area contributed by atoms with Crippen molar-refractivity contribution in [2.24, 2.45) is 0 Å². The summed E-state index contributed by atoms with van der Waals surface area (Å²) in [6.45, 7) is 0. The van der Waals surface area contributed by atoms with Crippen molar-refractivity contribution >= 4 is 11.8 Å². The molecule has 12 heavy (non-hydrogen) atoms. The Morgan fingerprint density at radius 1 is 1.42 bits per heavy atom. The molecular weight excluding hydrogens is 174 g/mol. The summed E-state index contributed by atoms with van der Waals surface area (Å²) in [7, 11) is 0. The van der Waals surface area contributed by atoms with Crippen LogP contribution in [0.15, 0.2) is 4.79 Å². The Morgan fingerprint density at radius 2 is 2.17 bits per heavy atom. The molecule has 0 atom stereocenters. The molecule has 1 aliphatic rings. The molecule has 1 saturated heterocycles. The molecule has 2 N–H and O–H groups in total. The smallest absolute Gasteiger partial charge is 0.293 e. The number of aromatic amines is 2. The molecule has 5 heteroatoms. The molecule has 66 valence electrons. The molecule has 1 aromatic rings. The minimum atomic E-state index is -0.191. The van der Waals surface area contributed by atoms with Crippen molar-refractivity contribution in [2.45, 2.75) is 18.8 Å². The second kappa shape index (κ2) is 3.35. The van der Waals surface area contributed by atoms with Gasteiger partial charge in [0, 0.05) is 5.92 Å². The van der Waals surface area contributed by atoms with Crippen LogP contribution in [0.4, 0.5) is 0 Å². The third-order valence-electron chi connectivity index (χ3n) is 2.13. The molecule has 2 heterocycles. The number of rotatable bonds is 1. The predicted octanol–water partition coefficient (Wildman–Crippen LogP) is 0.709. The molecule has 1 aliphatic heterocycles. The Labute approximate surface area is 74.2 Å². The van der Waals surface area contributed by atoms with Crippen molar-refractivity contribution in [3.63, 3.8) is 0 Å². The third kappa shape index (κ3) is 1.55. The summed E-state index contributed by atoms with van der Waals surface area (Å²) in [6, 6.07) is 0. The molecule has 0 saturated carbocycles. The summed E-state index contributed by atoms with van der Waals surface area (Å²) in [4.78, 5) is 13.5. The van der Waals surface area contributed by atoms with Crippen LogP contribution < -0.4 is 5.69 Å². The van der Waals surface area contributed by atoms with Crippen molar-refractivity contribution < 1.29 is 0 Å². The van der Waals surface area contributed by atoms with E-state index in [2.05, 4.69) is 15.2 Å². The molecule has 1 aromatic heterocycles. The van der Waals surface area contributed by atoms with E-state index >= 15 is 0 Å². The zero-order valence-corrected chi connectivity index (χ0v) is 7.49. The second-order valence-corrected chi connectivity index (χ2v) is 4.17. The van der Waals surface area contributed by atoms with Crippen LogP contribution in [0, 0.1) is 0 Å². The Balaban J connectivity index is 2.13. The largest absolute Gasteiger partial charge is 0.340 e. The van der Waals surface area contributed by atoms with Crippen LogP contribution in [0.5, 0.6) is 0 Å². The number of hydrogen-bond acceptors (Lipinski definition) is 3. The van der Waals surface area contributed by atoms with Gasteiger partial charge >= 0.3 is 5.69 Å². The molecule has 0 unspecified atom stereocenters. The predicted molar refractivity (Wildman–Crippen MR) is 48.5 cm³/mol. The Bertz CT molecular complexity index is 300. The van der Waals surface area contributed by atoms with Crippen LogP contribution in [0.1, 0.15) is 24.6 Å². The standard InChI is InChI=1S/C7H11N3OS/c11-7-8-6(9-10-7)5-1-3-12-4-2-5/h5H,1-4H2,(H2,8,9,10,11). The van der Waals surface area contributed by atoms with Gasteiger partial charge < -0.3 is 0 Å². The minimum Gasteiger partial charge on any atom is -0.293 e. The van der Waals surface area contributed by atoms with Gasteiger partial charge in [0.2, 0.25) is 0 Å². The van der Waals surface area contributed by atoms with E-state index in [-0.39, 0.29) is 5.69 Å². The van der Waals surface area contributed by atoms with Gasteiger partial charge in [-0.3, -0.25) is 4.98 Å². The molecule has 2 rings (SSSR count). The van der Waals surface area contributed by atoms with Crippen LogP contribution in [0.25, 0.3) is 0 Å². The topological polar surface area (TPSA) is 61.5 Å². The molecule has 0 aromatic carbocycles. The first-order chi connectivity index (χ1) is 5.86. The number of nitrogens with one attached hydrogen (secondary N) is 2. The molecular formula is C7H11N3OS. The fraction of sp³-hybridized carbons (Fsp3) is 0.714. The molecule has 0 amide bonds. The molecule has 0 spiro atoms. The van der Waals surface area contributed by atoms with Crippen LogP contribution in [-0.2, 0) is 0 Å². The summed E-state index contributed by atoms with van der Waals surface area (Å²) in [5, 5.41) is 6.34. The van der Waals surface area contributed by atoms with Gasteiger partial charge in [0.05, 0.1) is 0 Å². The summed E-state index contributed by atoms with van der Waals surface area (Å²) in [5.41, 5.74) is -0.191. The third-order valence-corrected chi connectivity index (χ3v) is 3.18. The van der Waals surface area contributed by atoms with E-state index in [1.165, 1.54) is 11.5 Å². The van der Waals surface area contributed by atoms with Gasteiger partial charge in [-0.25, -0.2) is 9.89 Å². The monoisotopic (exact) mass is 185 g/mol. The SMILES string of the molecule is O=c1[nH]nc(C2CCSCC2)[nH]1. The molecule has 0 bridgehead atoms. The van der Waals surface area contributed by atoms with Gasteiger partial charge in [-0.15, -0.1) is 0 Å². The number of H-pyrrole nitrogens is 2. The maximum Gasteiger partial charge on any atom is 0.340 e. The summed E-state index contributed by atoms with van der Waals surface area (Å²) < 4.78 is 0. The quantitative estimate of drug-likeness (QED) is 0.677. The average Bonchev–Trinajstić information content (AvgIpc) is 2.54. The van der Waals surface area contributed by atoms with Gasteiger partial charge in [-0.2, -0.15) is 16.9 Å². The van der Waals surface area contributed by atoms with Crippen molar-refractivity contribution in [1.82, 2.24) is 15.2 Å². The zero-order valence-electron chi connectivity index (χ0n) is 6.67. The van der Waals surface area contributed by atoms with Crippen LogP contribution in [0.2, 0.25) is 0 Å². The summed E-state index contributed by atoms with van der Waals surface area (Å²) >= 11 is 1.97. The normalized spacial score (nSPS) is 19.7. The van der Waals surface area contributed by atoms with Gasteiger partial charge in [0.15, 0.2) is 0 Å². The first-order valence-electron chi connectivity index (χ1n) is 4.08. The Kier molecular flexibility index (Phi) is 2.21. The lowest BCUT2D eigenvalue weighted by atomic mass is 10.0. The van der Waals surface area contributed by atoms with E-state index in [1.807, 2.05) is 11.8 Å². The highest BCUT2D eigenvalue weighted by molar-refractivity contribution is 7.99.